The lowest BCUT2D eigenvalue weighted by atomic mass is 10.3. The van der Waals surface area contributed by atoms with E-state index in [1.54, 1.807) is 12.1 Å². The highest BCUT2D eigenvalue weighted by Crippen LogP contribution is 2.24. The van der Waals surface area contributed by atoms with E-state index in [4.69, 9.17) is 4.74 Å². The van der Waals surface area contributed by atoms with E-state index in [0.717, 1.165) is 12.2 Å². The first kappa shape index (κ1) is 10.4. The van der Waals surface area contributed by atoms with Crippen LogP contribution in [0.1, 0.15) is 13.3 Å². The molecule has 0 aromatic heterocycles. The lowest BCUT2D eigenvalue weighted by Crippen LogP contribution is -1.95. The number of rotatable bonds is 4. The van der Waals surface area contributed by atoms with Crippen molar-refractivity contribution < 1.29 is 9.13 Å². The van der Waals surface area contributed by atoms with Crippen LogP contribution in [0.4, 0.5) is 4.39 Å². The van der Waals surface area contributed by atoms with E-state index in [1.165, 1.54) is 17.8 Å². The summed E-state index contributed by atoms with van der Waals surface area (Å²) in [5.41, 5.74) is 0. The maximum atomic E-state index is 13.0. The molecule has 0 saturated carbocycles. The van der Waals surface area contributed by atoms with Crippen LogP contribution in [0.2, 0.25) is 0 Å². The fraction of sp³-hybridized carbons (Fsp3) is 0.400. The van der Waals surface area contributed by atoms with Crippen LogP contribution in [-0.2, 0) is 0 Å². The van der Waals surface area contributed by atoms with Crippen LogP contribution in [0.15, 0.2) is 23.1 Å². The Morgan fingerprint density at radius 2 is 2.23 bits per heavy atom. The smallest absolute Gasteiger partial charge is 0.137 e. The predicted molar refractivity (Wildman–Crippen MR) is 54.0 cm³/mol. The lowest BCUT2D eigenvalue weighted by Gasteiger charge is -2.06. The summed E-state index contributed by atoms with van der Waals surface area (Å²) >= 11 is 1.39. The van der Waals surface area contributed by atoms with E-state index in [9.17, 15) is 4.39 Å². The first-order chi connectivity index (χ1) is 6.27. The molecule has 0 atom stereocenters. The molecule has 1 aromatic carbocycles. The Morgan fingerprint density at radius 3 is 2.85 bits per heavy atom. The van der Waals surface area contributed by atoms with Gasteiger partial charge in [-0.25, -0.2) is 4.39 Å². The molecule has 3 heteroatoms. The summed E-state index contributed by atoms with van der Waals surface area (Å²) in [4.78, 5) is 0.633. The fourth-order valence-electron chi connectivity index (χ4n) is 0.950. The zero-order valence-electron chi connectivity index (χ0n) is 7.84. The van der Waals surface area contributed by atoms with Gasteiger partial charge in [0.25, 0.3) is 0 Å². The van der Waals surface area contributed by atoms with E-state index in [-0.39, 0.29) is 5.82 Å². The first-order valence-corrected chi connectivity index (χ1v) is 5.46. The molecule has 0 radical (unpaired) electrons. The van der Waals surface area contributed by atoms with Gasteiger partial charge in [0.15, 0.2) is 0 Å². The summed E-state index contributed by atoms with van der Waals surface area (Å²) in [6.07, 6.45) is 2.81. The predicted octanol–water partition coefficient (Wildman–Crippen LogP) is 3.34. The second kappa shape index (κ2) is 5.12. The van der Waals surface area contributed by atoms with Gasteiger partial charge in [0.1, 0.15) is 11.6 Å². The molecule has 72 valence electrons. The molecular formula is C10H13FOS. The van der Waals surface area contributed by atoms with Crippen molar-refractivity contribution in [3.8, 4) is 5.75 Å². The molecular weight excluding hydrogens is 187 g/mol. The number of benzene rings is 1. The minimum Gasteiger partial charge on any atom is -0.494 e. The van der Waals surface area contributed by atoms with Gasteiger partial charge in [-0.1, -0.05) is 6.92 Å². The molecule has 13 heavy (non-hydrogen) atoms. The largest absolute Gasteiger partial charge is 0.494 e. The fourth-order valence-corrected chi connectivity index (χ4v) is 1.45. The standard InChI is InChI=1S/C10H13FOS/c1-3-6-12-8-4-5-9(11)10(7-8)13-2/h4-5,7H,3,6H2,1-2H3. The summed E-state index contributed by atoms with van der Waals surface area (Å²) in [6.45, 7) is 2.72. The van der Waals surface area contributed by atoms with Gasteiger partial charge in [-0.05, 0) is 30.9 Å². The molecule has 0 saturated heterocycles. The third-order valence-corrected chi connectivity index (χ3v) is 2.35. The van der Waals surface area contributed by atoms with Crippen molar-refractivity contribution in [1.82, 2.24) is 0 Å². The zero-order chi connectivity index (χ0) is 9.68. The normalized spacial score (nSPS) is 10.1. The molecule has 0 amide bonds. The Kier molecular flexibility index (Phi) is 4.09. The molecule has 1 aromatic rings. The number of hydrogen-bond donors (Lipinski definition) is 0. The van der Waals surface area contributed by atoms with E-state index in [2.05, 4.69) is 0 Å². The van der Waals surface area contributed by atoms with Crippen LogP contribution in [0, 0.1) is 5.82 Å². The topological polar surface area (TPSA) is 9.23 Å². The monoisotopic (exact) mass is 200 g/mol. The molecule has 0 spiro atoms. The molecule has 0 bridgehead atoms. The van der Waals surface area contributed by atoms with Crippen LogP contribution in [0.25, 0.3) is 0 Å². The molecule has 0 heterocycles. The molecule has 0 aliphatic heterocycles. The van der Waals surface area contributed by atoms with Gasteiger partial charge >= 0.3 is 0 Å². The number of ether oxygens (including phenoxy) is 1. The average molecular weight is 200 g/mol. The van der Waals surface area contributed by atoms with Crippen LogP contribution in [0.3, 0.4) is 0 Å². The molecule has 0 aliphatic carbocycles. The molecule has 0 unspecified atom stereocenters. The molecule has 1 rings (SSSR count). The minimum atomic E-state index is -0.184. The minimum absolute atomic E-state index is 0.184. The zero-order valence-corrected chi connectivity index (χ0v) is 8.66. The third kappa shape index (κ3) is 2.92. The Morgan fingerprint density at radius 1 is 1.46 bits per heavy atom. The van der Waals surface area contributed by atoms with Crippen LogP contribution < -0.4 is 4.74 Å². The van der Waals surface area contributed by atoms with Gasteiger partial charge in [0.05, 0.1) is 6.61 Å². The van der Waals surface area contributed by atoms with Crippen molar-refractivity contribution in [3.63, 3.8) is 0 Å². The van der Waals surface area contributed by atoms with E-state index in [0.29, 0.717) is 11.5 Å². The third-order valence-electron chi connectivity index (χ3n) is 1.60. The van der Waals surface area contributed by atoms with Crippen LogP contribution in [-0.4, -0.2) is 12.9 Å². The van der Waals surface area contributed by atoms with Crippen molar-refractivity contribution in [1.29, 1.82) is 0 Å². The average Bonchev–Trinajstić information content (AvgIpc) is 2.16. The Labute approximate surface area is 82.3 Å². The van der Waals surface area contributed by atoms with Gasteiger partial charge in [-0.2, -0.15) is 0 Å². The number of halogens is 1. The maximum Gasteiger partial charge on any atom is 0.137 e. The Hall–Kier alpha value is -0.700. The van der Waals surface area contributed by atoms with Crippen molar-refractivity contribution in [3.05, 3.63) is 24.0 Å². The van der Waals surface area contributed by atoms with Crippen molar-refractivity contribution in [2.75, 3.05) is 12.9 Å². The van der Waals surface area contributed by atoms with E-state index in [1.807, 2.05) is 13.2 Å². The highest BCUT2D eigenvalue weighted by atomic mass is 32.2. The highest BCUT2D eigenvalue weighted by molar-refractivity contribution is 7.98. The molecule has 0 N–H and O–H groups in total. The maximum absolute atomic E-state index is 13.0. The highest BCUT2D eigenvalue weighted by Gasteiger charge is 2.02. The lowest BCUT2D eigenvalue weighted by molar-refractivity contribution is 0.316. The second-order valence-electron chi connectivity index (χ2n) is 2.64. The van der Waals surface area contributed by atoms with E-state index < -0.39 is 0 Å². The SMILES string of the molecule is CCCOc1ccc(F)c(SC)c1. The quantitative estimate of drug-likeness (QED) is 0.689. The van der Waals surface area contributed by atoms with Gasteiger partial charge in [0, 0.05) is 4.90 Å². The van der Waals surface area contributed by atoms with E-state index >= 15 is 0 Å². The van der Waals surface area contributed by atoms with Gasteiger partial charge < -0.3 is 4.74 Å². The Bertz CT molecular complexity index is 276. The summed E-state index contributed by atoms with van der Waals surface area (Å²) < 4.78 is 18.4. The number of thioether (sulfide) groups is 1. The summed E-state index contributed by atoms with van der Waals surface area (Å²) in [5.74, 6) is 0.559. The van der Waals surface area contributed by atoms with Gasteiger partial charge in [-0.3, -0.25) is 0 Å². The van der Waals surface area contributed by atoms with Gasteiger partial charge in [0.2, 0.25) is 0 Å². The van der Waals surface area contributed by atoms with Gasteiger partial charge in [-0.15, -0.1) is 11.8 Å². The van der Waals surface area contributed by atoms with Crippen molar-refractivity contribution in [2.45, 2.75) is 18.2 Å². The molecule has 0 aliphatic rings. The Balaban J connectivity index is 2.74. The summed E-state index contributed by atoms with van der Waals surface area (Å²) in [5, 5.41) is 0. The van der Waals surface area contributed by atoms with Crippen molar-refractivity contribution in [2.24, 2.45) is 0 Å². The van der Waals surface area contributed by atoms with Crippen LogP contribution in [0.5, 0.6) is 5.75 Å². The summed E-state index contributed by atoms with van der Waals surface area (Å²) in [6, 6.07) is 4.83. The molecule has 1 nitrogen and oxygen atoms in total. The molecule has 0 fully saturated rings. The second-order valence-corrected chi connectivity index (χ2v) is 3.49. The number of hydrogen-bond acceptors (Lipinski definition) is 2. The van der Waals surface area contributed by atoms with Crippen molar-refractivity contribution >= 4 is 11.8 Å². The van der Waals surface area contributed by atoms with Crippen LogP contribution >= 0.6 is 11.8 Å². The first-order valence-electron chi connectivity index (χ1n) is 4.24. The summed E-state index contributed by atoms with van der Waals surface area (Å²) in [7, 11) is 0.